The van der Waals surface area contributed by atoms with E-state index in [0.29, 0.717) is 35.8 Å². The number of hydrogen-bond donors (Lipinski definition) is 0. The number of ether oxygens (including phenoxy) is 3. The highest BCUT2D eigenvalue weighted by molar-refractivity contribution is 5.90. The molecule has 2 aromatic carbocycles. The minimum Gasteiger partial charge on any atom is -0.486 e. The Bertz CT molecular complexity index is 741. The molecule has 0 N–H and O–H groups in total. The number of carbonyl (C=O) groups excluding carboxylic acids is 1. The largest absolute Gasteiger partial charge is 0.486 e. The van der Waals surface area contributed by atoms with Gasteiger partial charge in [0, 0.05) is 12.1 Å². The van der Waals surface area contributed by atoms with Crippen molar-refractivity contribution in [3.8, 4) is 11.5 Å². The topological polar surface area (TPSA) is 87.9 Å². The lowest BCUT2D eigenvalue weighted by atomic mass is 10.2. The summed E-state index contributed by atoms with van der Waals surface area (Å²) in [5.74, 6) is 0.615. The average molecular weight is 315 g/mol. The molecule has 0 atom stereocenters. The summed E-state index contributed by atoms with van der Waals surface area (Å²) in [6, 6.07) is 10.7. The van der Waals surface area contributed by atoms with E-state index >= 15 is 0 Å². The van der Waals surface area contributed by atoms with Gasteiger partial charge in [-0.05, 0) is 35.9 Å². The molecule has 0 saturated heterocycles. The highest BCUT2D eigenvalue weighted by Gasteiger charge is 2.16. The average Bonchev–Trinajstić information content (AvgIpc) is 2.59. The molecule has 0 saturated carbocycles. The maximum Gasteiger partial charge on any atom is 0.338 e. The van der Waals surface area contributed by atoms with Crippen LogP contribution >= 0.6 is 0 Å². The van der Waals surface area contributed by atoms with Crippen molar-refractivity contribution in [3.05, 3.63) is 63.7 Å². The second-order valence-electron chi connectivity index (χ2n) is 4.86. The highest BCUT2D eigenvalue weighted by Crippen LogP contribution is 2.31. The van der Waals surface area contributed by atoms with Gasteiger partial charge in [-0.3, -0.25) is 10.1 Å². The van der Waals surface area contributed by atoms with E-state index in [0.717, 1.165) is 0 Å². The number of carbonyl (C=O) groups is 1. The summed E-state index contributed by atoms with van der Waals surface area (Å²) < 4.78 is 16.0. The fraction of sp³-hybridized carbons (Fsp3) is 0.188. The van der Waals surface area contributed by atoms with Gasteiger partial charge >= 0.3 is 5.97 Å². The Morgan fingerprint density at radius 3 is 2.48 bits per heavy atom. The highest BCUT2D eigenvalue weighted by atomic mass is 16.6. The van der Waals surface area contributed by atoms with Crippen LogP contribution < -0.4 is 9.47 Å². The fourth-order valence-corrected chi connectivity index (χ4v) is 2.12. The normalized spacial score (nSPS) is 12.5. The fourth-order valence-electron chi connectivity index (χ4n) is 2.12. The zero-order valence-corrected chi connectivity index (χ0v) is 12.1. The van der Waals surface area contributed by atoms with Crippen molar-refractivity contribution in [2.24, 2.45) is 0 Å². The first-order valence-electron chi connectivity index (χ1n) is 6.93. The Labute approximate surface area is 131 Å². The molecule has 0 amide bonds. The van der Waals surface area contributed by atoms with Gasteiger partial charge in [0.2, 0.25) is 0 Å². The minimum absolute atomic E-state index is 0.00749. The van der Waals surface area contributed by atoms with Crippen LogP contribution in [0.5, 0.6) is 11.5 Å². The zero-order chi connectivity index (χ0) is 16.2. The number of nitrogens with zero attached hydrogens (tertiary/aromatic N) is 1. The Balaban J connectivity index is 1.64. The molecule has 118 valence electrons. The van der Waals surface area contributed by atoms with Gasteiger partial charge < -0.3 is 14.2 Å². The van der Waals surface area contributed by atoms with E-state index < -0.39 is 10.9 Å². The lowest BCUT2D eigenvalue weighted by molar-refractivity contribution is -0.384. The Morgan fingerprint density at radius 1 is 1.09 bits per heavy atom. The molecule has 1 aliphatic rings. The van der Waals surface area contributed by atoms with Crippen LogP contribution in [0.25, 0.3) is 0 Å². The number of nitro groups is 1. The van der Waals surface area contributed by atoms with Crippen molar-refractivity contribution in [3.63, 3.8) is 0 Å². The lowest BCUT2D eigenvalue weighted by Gasteiger charge is -2.18. The third-order valence-electron chi connectivity index (χ3n) is 3.29. The van der Waals surface area contributed by atoms with Gasteiger partial charge in [0.1, 0.15) is 19.8 Å². The second-order valence-corrected chi connectivity index (χ2v) is 4.86. The quantitative estimate of drug-likeness (QED) is 0.490. The van der Waals surface area contributed by atoms with Crippen molar-refractivity contribution in [1.29, 1.82) is 0 Å². The van der Waals surface area contributed by atoms with Crippen LogP contribution in [0.3, 0.4) is 0 Å². The first-order valence-corrected chi connectivity index (χ1v) is 6.93. The summed E-state index contributed by atoms with van der Waals surface area (Å²) in [5, 5.41) is 10.6. The molecule has 0 aliphatic carbocycles. The van der Waals surface area contributed by atoms with Crippen LogP contribution in [-0.2, 0) is 11.3 Å². The van der Waals surface area contributed by atoms with E-state index in [1.807, 2.05) is 0 Å². The first kappa shape index (κ1) is 14.8. The van der Waals surface area contributed by atoms with Crippen molar-refractivity contribution >= 4 is 11.7 Å². The van der Waals surface area contributed by atoms with E-state index in [-0.39, 0.29) is 12.3 Å². The number of fused-ring (bicyclic) bond motifs is 1. The van der Waals surface area contributed by atoms with Crippen LogP contribution in [0, 0.1) is 10.1 Å². The Hall–Kier alpha value is -3.09. The molecule has 0 unspecified atom stereocenters. The molecule has 0 spiro atoms. The molecule has 23 heavy (non-hydrogen) atoms. The molecule has 1 aliphatic heterocycles. The van der Waals surface area contributed by atoms with Gasteiger partial charge in [0.05, 0.1) is 10.5 Å². The molecule has 3 rings (SSSR count). The second kappa shape index (κ2) is 6.35. The molecule has 0 radical (unpaired) electrons. The number of benzene rings is 2. The number of hydrogen-bond acceptors (Lipinski definition) is 6. The maximum absolute atomic E-state index is 12.1. The van der Waals surface area contributed by atoms with Crippen LogP contribution in [0.15, 0.2) is 42.5 Å². The van der Waals surface area contributed by atoms with E-state index in [2.05, 4.69) is 0 Å². The van der Waals surface area contributed by atoms with Crippen LogP contribution in [0.1, 0.15) is 15.9 Å². The summed E-state index contributed by atoms with van der Waals surface area (Å²) in [4.78, 5) is 22.1. The van der Waals surface area contributed by atoms with Crippen molar-refractivity contribution < 1.29 is 23.9 Å². The number of nitro benzene ring substituents is 1. The van der Waals surface area contributed by atoms with Crippen LogP contribution in [-0.4, -0.2) is 24.1 Å². The van der Waals surface area contributed by atoms with E-state index in [4.69, 9.17) is 14.2 Å². The maximum atomic E-state index is 12.1. The lowest BCUT2D eigenvalue weighted by Crippen LogP contribution is -2.16. The molecule has 1 heterocycles. The molecule has 7 nitrogen and oxygen atoms in total. The summed E-state index contributed by atoms with van der Waals surface area (Å²) in [5.41, 5.74) is 1.02. The SMILES string of the molecule is O=C(OCc1ccc([N+](=O)[O-])cc1)c1ccc2c(c1)OCCO2. The summed E-state index contributed by atoms with van der Waals surface area (Å²) in [6.07, 6.45) is 0. The Morgan fingerprint density at radius 2 is 1.78 bits per heavy atom. The third-order valence-corrected chi connectivity index (χ3v) is 3.29. The van der Waals surface area contributed by atoms with E-state index in [9.17, 15) is 14.9 Å². The van der Waals surface area contributed by atoms with Crippen molar-refractivity contribution in [1.82, 2.24) is 0 Å². The summed E-state index contributed by atoms with van der Waals surface area (Å²) in [7, 11) is 0. The van der Waals surface area contributed by atoms with Crippen LogP contribution in [0.2, 0.25) is 0 Å². The zero-order valence-electron chi connectivity index (χ0n) is 12.1. The monoisotopic (exact) mass is 315 g/mol. The Kier molecular flexibility index (Phi) is 4.09. The number of rotatable bonds is 4. The predicted molar refractivity (Wildman–Crippen MR) is 79.6 cm³/mol. The van der Waals surface area contributed by atoms with E-state index in [1.165, 1.54) is 12.1 Å². The molecular formula is C16H13NO6. The first-order chi connectivity index (χ1) is 11.1. The van der Waals surface area contributed by atoms with Crippen molar-refractivity contribution in [2.45, 2.75) is 6.61 Å². The molecule has 0 bridgehead atoms. The van der Waals surface area contributed by atoms with Crippen LogP contribution in [0.4, 0.5) is 5.69 Å². The van der Waals surface area contributed by atoms with Gasteiger partial charge in [-0.2, -0.15) is 0 Å². The van der Waals surface area contributed by atoms with Gasteiger partial charge in [0.15, 0.2) is 11.5 Å². The third kappa shape index (κ3) is 3.39. The summed E-state index contributed by atoms with van der Waals surface area (Å²) in [6.45, 7) is 0.955. The number of non-ortho nitro benzene ring substituents is 1. The smallest absolute Gasteiger partial charge is 0.338 e. The molecule has 0 fully saturated rings. The van der Waals surface area contributed by atoms with Gasteiger partial charge in [-0.25, -0.2) is 4.79 Å². The summed E-state index contributed by atoms with van der Waals surface area (Å²) >= 11 is 0. The number of esters is 1. The standard InChI is InChI=1S/C16H13NO6/c18-16(12-3-6-14-15(9-12)22-8-7-21-14)23-10-11-1-4-13(5-2-11)17(19)20/h1-6,9H,7-8,10H2. The molecule has 2 aromatic rings. The van der Waals surface area contributed by atoms with Crippen molar-refractivity contribution in [2.75, 3.05) is 13.2 Å². The molecule has 0 aromatic heterocycles. The van der Waals surface area contributed by atoms with Gasteiger partial charge in [-0.1, -0.05) is 0 Å². The predicted octanol–water partition coefficient (Wildman–Crippen LogP) is 2.72. The van der Waals surface area contributed by atoms with Gasteiger partial charge in [-0.15, -0.1) is 0 Å². The molecular weight excluding hydrogens is 302 g/mol. The van der Waals surface area contributed by atoms with E-state index in [1.54, 1.807) is 30.3 Å². The molecule has 7 heteroatoms. The van der Waals surface area contributed by atoms with Gasteiger partial charge in [0.25, 0.3) is 5.69 Å². The minimum atomic E-state index is -0.500.